The summed E-state index contributed by atoms with van der Waals surface area (Å²) in [5.74, 6) is 5.10. The monoisotopic (exact) mass is 437 g/mol. The predicted molar refractivity (Wildman–Crippen MR) is 122 cm³/mol. The number of thioether (sulfide) groups is 1. The maximum atomic E-state index is 12.4. The molecule has 9 heteroatoms. The Kier molecular flexibility index (Phi) is 12.6. The van der Waals surface area contributed by atoms with E-state index in [0.29, 0.717) is 5.75 Å². The lowest BCUT2D eigenvalue weighted by atomic mass is 10.1. The molecule has 168 valence electrons. The quantitative estimate of drug-likeness (QED) is 0.154. The summed E-state index contributed by atoms with van der Waals surface area (Å²) in [4.78, 5) is 35.5. The third kappa shape index (κ3) is 11.7. The highest BCUT2D eigenvalue weighted by atomic mass is 32.2. The first-order chi connectivity index (χ1) is 14.3. The third-order valence-electron chi connectivity index (χ3n) is 4.47. The van der Waals surface area contributed by atoms with E-state index in [1.54, 1.807) is 11.8 Å². The molecule has 30 heavy (non-hydrogen) atoms. The zero-order valence-electron chi connectivity index (χ0n) is 18.2. The van der Waals surface area contributed by atoms with Crippen LogP contribution in [0.5, 0.6) is 0 Å². The molecule has 0 aromatic heterocycles. The fraction of sp³-hybridized carbons (Fsp3) is 0.571. The molecule has 0 aromatic carbocycles. The average molecular weight is 438 g/mol. The van der Waals surface area contributed by atoms with Gasteiger partial charge in [0.1, 0.15) is 6.04 Å². The van der Waals surface area contributed by atoms with Gasteiger partial charge in [-0.15, -0.1) is 0 Å². The molecule has 1 unspecified atom stereocenters. The Balaban J connectivity index is 2.45. The van der Waals surface area contributed by atoms with E-state index < -0.39 is 11.9 Å². The second-order valence-electron chi connectivity index (χ2n) is 7.48. The summed E-state index contributed by atoms with van der Waals surface area (Å²) in [7, 11) is 0. The van der Waals surface area contributed by atoms with Gasteiger partial charge in [0, 0.05) is 30.0 Å². The Morgan fingerprint density at radius 2 is 1.87 bits per heavy atom. The van der Waals surface area contributed by atoms with Crippen molar-refractivity contribution in [3.8, 4) is 0 Å². The van der Waals surface area contributed by atoms with E-state index in [0.717, 1.165) is 37.1 Å². The van der Waals surface area contributed by atoms with Gasteiger partial charge in [-0.3, -0.25) is 25.2 Å². The molecule has 1 aliphatic heterocycles. The van der Waals surface area contributed by atoms with Gasteiger partial charge in [-0.2, -0.15) is 11.8 Å². The number of carbonyl (C=O) groups is 3. The van der Waals surface area contributed by atoms with Gasteiger partial charge in [0.05, 0.1) is 0 Å². The molecule has 1 aliphatic rings. The Labute approximate surface area is 183 Å². The Morgan fingerprint density at radius 3 is 2.57 bits per heavy atom. The van der Waals surface area contributed by atoms with Crippen molar-refractivity contribution in [3.05, 3.63) is 35.1 Å². The van der Waals surface area contributed by atoms with Crippen LogP contribution in [0.25, 0.3) is 0 Å². The van der Waals surface area contributed by atoms with Crippen LogP contribution >= 0.6 is 11.8 Å². The minimum absolute atomic E-state index is 0.0188. The minimum atomic E-state index is -0.666. The first kappa shape index (κ1) is 25.8. The largest absolute Gasteiger partial charge is 0.343 e. The predicted octanol–water partition coefficient (Wildman–Crippen LogP) is 1.97. The second kappa shape index (κ2) is 14.7. The summed E-state index contributed by atoms with van der Waals surface area (Å²) >= 11 is 1.57. The molecule has 0 aromatic rings. The highest BCUT2D eigenvalue weighted by Gasteiger charge is 2.22. The van der Waals surface area contributed by atoms with E-state index in [4.69, 9.17) is 5.84 Å². The first-order valence-electron chi connectivity index (χ1n) is 10.2. The fourth-order valence-electron chi connectivity index (χ4n) is 2.70. The number of rotatable bonds is 10. The zero-order chi connectivity index (χ0) is 22.4. The van der Waals surface area contributed by atoms with E-state index >= 15 is 0 Å². The van der Waals surface area contributed by atoms with Gasteiger partial charge in [-0.25, -0.2) is 5.84 Å². The molecule has 1 heterocycles. The van der Waals surface area contributed by atoms with E-state index in [1.165, 1.54) is 11.1 Å². The Morgan fingerprint density at radius 1 is 1.13 bits per heavy atom. The molecule has 0 fully saturated rings. The number of nitrogens with one attached hydrogen (secondary N) is 4. The second-order valence-corrected chi connectivity index (χ2v) is 8.55. The van der Waals surface area contributed by atoms with Gasteiger partial charge in [0.15, 0.2) is 0 Å². The van der Waals surface area contributed by atoms with Crippen LogP contribution in [0, 0.1) is 0 Å². The average Bonchev–Trinajstić information content (AvgIpc) is 2.78. The van der Waals surface area contributed by atoms with Gasteiger partial charge >= 0.3 is 0 Å². The zero-order valence-corrected chi connectivity index (χ0v) is 19.0. The molecular formula is C21H35N5O3S. The normalized spacial score (nSPS) is 19.1. The molecule has 0 bridgehead atoms. The fourth-order valence-corrected chi connectivity index (χ4v) is 3.63. The number of hydrazine groups is 2. The lowest BCUT2D eigenvalue weighted by Crippen LogP contribution is -2.51. The van der Waals surface area contributed by atoms with Crippen LogP contribution < -0.4 is 27.4 Å². The lowest BCUT2D eigenvalue weighted by Gasteiger charge is -2.18. The molecule has 1 rings (SSSR count). The van der Waals surface area contributed by atoms with E-state index in [2.05, 4.69) is 55.2 Å². The number of carbonyl (C=O) groups excluding carboxylic acids is 3. The topological polar surface area (TPSA) is 125 Å². The number of hydrogen-bond acceptors (Lipinski definition) is 6. The molecule has 0 saturated carbocycles. The van der Waals surface area contributed by atoms with Crippen LogP contribution in [0.3, 0.4) is 0 Å². The van der Waals surface area contributed by atoms with Crippen molar-refractivity contribution in [1.29, 1.82) is 0 Å². The molecule has 6 N–H and O–H groups in total. The standard InChI is InChI=1S/C21H35N5O3S/c1-15(2)6-4-7-16(3)8-5-9-17-12-13-30-14-18(21(29)26-25-17)23-19(27)10-11-20(28)24-22/h6,8,12,18,25H,4-5,7,9-11,13-14,22H2,1-3H3,(H,23,27)(H,24,28)(H,26,29)/b16-8+,17-12-. The maximum absolute atomic E-state index is 12.4. The van der Waals surface area contributed by atoms with Crippen molar-refractivity contribution in [3.63, 3.8) is 0 Å². The number of amides is 3. The van der Waals surface area contributed by atoms with Crippen molar-refractivity contribution >= 4 is 29.5 Å². The summed E-state index contributed by atoms with van der Waals surface area (Å²) < 4.78 is 0. The highest BCUT2D eigenvalue weighted by Crippen LogP contribution is 2.13. The van der Waals surface area contributed by atoms with E-state index in [9.17, 15) is 14.4 Å². The Bertz CT molecular complexity index is 684. The maximum Gasteiger partial charge on any atom is 0.261 e. The summed E-state index contributed by atoms with van der Waals surface area (Å²) in [5, 5.41) is 2.67. The van der Waals surface area contributed by atoms with Gasteiger partial charge in [0.25, 0.3) is 5.91 Å². The minimum Gasteiger partial charge on any atom is -0.343 e. The van der Waals surface area contributed by atoms with Crippen LogP contribution in [0.15, 0.2) is 35.1 Å². The number of hydrogen-bond donors (Lipinski definition) is 5. The molecule has 0 radical (unpaired) electrons. The van der Waals surface area contributed by atoms with Crippen molar-refractivity contribution in [2.75, 3.05) is 11.5 Å². The highest BCUT2D eigenvalue weighted by molar-refractivity contribution is 7.99. The summed E-state index contributed by atoms with van der Waals surface area (Å²) in [6.07, 6.45) is 10.3. The SMILES string of the molecule is CC(C)=CCC/C(C)=C/CC/C1=C/CSCC(NC(=O)CCC(=O)NN)C(=O)NN1. The van der Waals surface area contributed by atoms with Gasteiger partial charge in [-0.05, 0) is 46.5 Å². The van der Waals surface area contributed by atoms with Crippen LogP contribution in [-0.4, -0.2) is 35.3 Å². The Hall–Kier alpha value is -2.26. The van der Waals surface area contributed by atoms with E-state index in [-0.39, 0.29) is 24.7 Å². The summed E-state index contributed by atoms with van der Waals surface area (Å²) in [6.45, 7) is 6.36. The summed E-state index contributed by atoms with van der Waals surface area (Å²) in [6, 6.07) is -0.666. The van der Waals surface area contributed by atoms with Gasteiger partial charge in [0.2, 0.25) is 11.8 Å². The molecule has 0 saturated heterocycles. The van der Waals surface area contributed by atoms with Crippen LogP contribution in [0.4, 0.5) is 0 Å². The molecular weight excluding hydrogens is 402 g/mol. The first-order valence-corrected chi connectivity index (χ1v) is 11.4. The van der Waals surface area contributed by atoms with Gasteiger partial charge < -0.3 is 10.7 Å². The smallest absolute Gasteiger partial charge is 0.261 e. The summed E-state index contributed by atoms with van der Waals surface area (Å²) in [5.41, 5.74) is 11.3. The molecule has 0 aliphatic carbocycles. The van der Waals surface area contributed by atoms with E-state index in [1.807, 2.05) is 5.43 Å². The van der Waals surface area contributed by atoms with Gasteiger partial charge in [-0.1, -0.05) is 29.4 Å². The molecule has 1 atom stereocenters. The molecule has 0 spiro atoms. The lowest BCUT2D eigenvalue weighted by molar-refractivity contribution is -0.130. The number of allylic oxidation sites excluding steroid dienone is 5. The van der Waals surface area contributed by atoms with Crippen LogP contribution in [0.1, 0.15) is 59.3 Å². The van der Waals surface area contributed by atoms with Crippen molar-refractivity contribution in [1.82, 2.24) is 21.6 Å². The van der Waals surface area contributed by atoms with Crippen molar-refractivity contribution in [2.45, 2.75) is 65.3 Å². The van der Waals surface area contributed by atoms with Crippen LogP contribution in [-0.2, 0) is 14.4 Å². The van der Waals surface area contributed by atoms with Crippen molar-refractivity contribution in [2.24, 2.45) is 5.84 Å². The third-order valence-corrected chi connectivity index (χ3v) is 5.44. The van der Waals surface area contributed by atoms with Crippen LogP contribution in [0.2, 0.25) is 0 Å². The van der Waals surface area contributed by atoms with Crippen molar-refractivity contribution < 1.29 is 14.4 Å². The molecule has 8 nitrogen and oxygen atoms in total. The number of nitrogens with two attached hydrogens (primary N) is 1. The molecule has 3 amide bonds.